The number of methoxy groups -OCH3 is 2. The van der Waals surface area contributed by atoms with Crippen LogP contribution in [0, 0.1) is 0 Å². The minimum atomic E-state index is -4.21. The van der Waals surface area contributed by atoms with Crippen LogP contribution in [-0.2, 0) is 30.2 Å². The Labute approximate surface area is 188 Å². The molecule has 0 atom stereocenters. The summed E-state index contributed by atoms with van der Waals surface area (Å²) < 4.78 is 40.1. The third kappa shape index (κ3) is 3.39. The number of aryl methyl sites for hydroxylation is 2. The number of hydrogen-bond donors (Lipinski definition) is 1. The summed E-state index contributed by atoms with van der Waals surface area (Å²) in [5.41, 5.74) is -1.03. The minimum Gasteiger partial charge on any atom is -0.493 e. The molecule has 3 heterocycles. The highest BCUT2D eigenvalue weighted by Gasteiger charge is 2.43. The molecule has 13 heteroatoms. The largest absolute Gasteiger partial charge is 0.493 e. The summed E-state index contributed by atoms with van der Waals surface area (Å²) in [6, 6.07) is 2.56. The fraction of sp³-hybridized carbons (Fsp3) is 0.400. The molecule has 12 nitrogen and oxygen atoms in total. The van der Waals surface area contributed by atoms with Gasteiger partial charge in [0, 0.05) is 19.7 Å². The highest BCUT2D eigenvalue weighted by Crippen LogP contribution is 2.39. The van der Waals surface area contributed by atoms with Crippen LogP contribution in [0.2, 0.25) is 0 Å². The van der Waals surface area contributed by atoms with Crippen LogP contribution >= 0.6 is 0 Å². The molecule has 0 radical (unpaired) electrons. The molecule has 0 saturated heterocycles. The Morgan fingerprint density at radius 1 is 1.09 bits per heavy atom. The fourth-order valence-electron chi connectivity index (χ4n) is 3.84. The fourth-order valence-corrected chi connectivity index (χ4v) is 5.36. The van der Waals surface area contributed by atoms with Crippen LogP contribution in [0.3, 0.4) is 0 Å². The van der Waals surface area contributed by atoms with Crippen molar-refractivity contribution in [3.63, 3.8) is 0 Å². The first-order chi connectivity index (χ1) is 15.6. The third-order valence-electron chi connectivity index (χ3n) is 5.64. The second-order valence-electron chi connectivity index (χ2n) is 7.54. The summed E-state index contributed by atoms with van der Waals surface area (Å²) in [5.74, 6) is -0.232. The summed E-state index contributed by atoms with van der Waals surface area (Å²) >= 11 is 0. The molecule has 1 amide bonds. The van der Waals surface area contributed by atoms with E-state index in [1.165, 1.54) is 42.5 Å². The monoisotopic (exact) mass is 477 g/mol. The molecular weight excluding hydrogens is 454 g/mol. The second kappa shape index (κ2) is 8.06. The molecule has 1 N–H and O–H groups in total. The van der Waals surface area contributed by atoms with Crippen molar-refractivity contribution in [2.45, 2.75) is 37.8 Å². The number of aromatic amines is 1. The summed E-state index contributed by atoms with van der Waals surface area (Å²) in [4.78, 5) is 44.2. The number of amides is 1. The molecule has 4 rings (SSSR count). The molecule has 0 aliphatic carbocycles. The quantitative estimate of drug-likeness (QED) is 0.520. The van der Waals surface area contributed by atoms with E-state index >= 15 is 0 Å². The van der Waals surface area contributed by atoms with Crippen molar-refractivity contribution < 1.29 is 22.7 Å². The molecule has 0 fully saturated rings. The van der Waals surface area contributed by atoms with Crippen LogP contribution in [0.25, 0.3) is 11.2 Å². The lowest BCUT2D eigenvalue weighted by molar-refractivity contribution is 0.0861. The van der Waals surface area contributed by atoms with Crippen LogP contribution in [0.5, 0.6) is 11.5 Å². The molecular formula is C20H23N5O7S. The Hall–Kier alpha value is -3.61. The van der Waals surface area contributed by atoms with Crippen molar-refractivity contribution in [3.05, 3.63) is 44.4 Å². The van der Waals surface area contributed by atoms with Gasteiger partial charge in [-0.2, -0.15) is 0 Å². The van der Waals surface area contributed by atoms with Gasteiger partial charge in [0.1, 0.15) is 10.7 Å². The normalized spacial score (nSPS) is 14.7. The number of sulfonamides is 1. The lowest BCUT2D eigenvalue weighted by Gasteiger charge is -2.14. The van der Waals surface area contributed by atoms with Gasteiger partial charge in [-0.1, -0.05) is 13.3 Å². The van der Waals surface area contributed by atoms with Crippen LogP contribution in [0.1, 0.15) is 35.9 Å². The third-order valence-corrected chi connectivity index (χ3v) is 7.41. The number of H-pyrrole nitrogens is 1. The van der Waals surface area contributed by atoms with E-state index < -0.39 is 33.7 Å². The van der Waals surface area contributed by atoms with E-state index in [4.69, 9.17) is 9.47 Å². The predicted molar refractivity (Wildman–Crippen MR) is 117 cm³/mol. The van der Waals surface area contributed by atoms with Gasteiger partial charge in [0.15, 0.2) is 22.7 Å². The SMILES string of the molecule is CCCCn1c(=O)[nH]c(=O)c2c1nc(CN1C(=O)c3cc(OC)c(OC)cc3S1(=O)=O)n2C. The van der Waals surface area contributed by atoms with Crippen molar-refractivity contribution in [2.24, 2.45) is 7.05 Å². The van der Waals surface area contributed by atoms with Gasteiger partial charge in [-0.3, -0.25) is 19.1 Å². The van der Waals surface area contributed by atoms with Crippen molar-refractivity contribution >= 4 is 27.1 Å². The highest BCUT2D eigenvalue weighted by molar-refractivity contribution is 7.90. The average Bonchev–Trinajstić information content (AvgIpc) is 3.20. The van der Waals surface area contributed by atoms with Gasteiger partial charge in [-0.05, 0) is 12.5 Å². The van der Waals surface area contributed by atoms with Crippen LogP contribution < -0.4 is 20.7 Å². The van der Waals surface area contributed by atoms with Gasteiger partial charge >= 0.3 is 5.69 Å². The molecule has 1 aliphatic rings. The Morgan fingerprint density at radius 3 is 2.39 bits per heavy atom. The van der Waals surface area contributed by atoms with Gasteiger partial charge in [0.05, 0.1) is 26.3 Å². The molecule has 0 bridgehead atoms. The number of carbonyl (C=O) groups is 1. The summed E-state index contributed by atoms with van der Waals surface area (Å²) in [5, 5.41) is 0. The number of unbranched alkanes of at least 4 members (excludes halogenated alkanes) is 1. The number of rotatable bonds is 7. The Morgan fingerprint density at radius 2 is 1.76 bits per heavy atom. The number of fused-ring (bicyclic) bond motifs is 2. The van der Waals surface area contributed by atoms with Crippen molar-refractivity contribution in [1.82, 2.24) is 23.4 Å². The van der Waals surface area contributed by atoms with E-state index in [0.29, 0.717) is 17.3 Å². The first kappa shape index (κ1) is 22.6. The number of imidazole rings is 1. The van der Waals surface area contributed by atoms with Gasteiger partial charge in [0.2, 0.25) is 0 Å². The molecule has 33 heavy (non-hydrogen) atoms. The number of ether oxygens (including phenoxy) is 2. The van der Waals surface area contributed by atoms with Crippen LogP contribution in [0.15, 0.2) is 26.6 Å². The number of aromatic nitrogens is 4. The maximum Gasteiger partial charge on any atom is 0.330 e. The topological polar surface area (TPSA) is 146 Å². The van der Waals surface area contributed by atoms with Gasteiger partial charge in [-0.15, -0.1) is 0 Å². The van der Waals surface area contributed by atoms with Crippen molar-refractivity contribution in [3.8, 4) is 11.5 Å². The zero-order chi connectivity index (χ0) is 24.1. The summed E-state index contributed by atoms with van der Waals surface area (Å²) in [6.07, 6.45) is 1.50. The zero-order valence-corrected chi connectivity index (χ0v) is 19.4. The van der Waals surface area contributed by atoms with E-state index in [0.717, 1.165) is 6.42 Å². The Balaban J connectivity index is 1.82. The minimum absolute atomic E-state index is 0.0517. The van der Waals surface area contributed by atoms with E-state index in [1.54, 1.807) is 0 Å². The van der Waals surface area contributed by atoms with E-state index in [2.05, 4.69) is 9.97 Å². The van der Waals surface area contributed by atoms with Crippen LogP contribution in [-0.4, -0.2) is 52.0 Å². The number of hydrogen-bond acceptors (Lipinski definition) is 8. The lowest BCUT2D eigenvalue weighted by Crippen LogP contribution is -2.31. The Bertz CT molecular complexity index is 1500. The standard InChI is InChI=1S/C20H23N5O7S/c1-5-6-7-24-17-16(18(26)22-20(24)28)23(2)15(21-17)10-25-19(27)11-8-12(31-3)13(32-4)9-14(11)33(25,29)30/h8-9H,5-7,10H2,1-4H3,(H,22,26,28). The molecule has 1 aromatic carbocycles. The first-order valence-electron chi connectivity index (χ1n) is 10.2. The molecule has 2 aromatic heterocycles. The van der Waals surface area contributed by atoms with E-state index in [1.807, 2.05) is 6.92 Å². The summed E-state index contributed by atoms with van der Waals surface area (Å²) in [6.45, 7) is 1.88. The molecule has 0 spiro atoms. The first-order valence-corrected chi connectivity index (χ1v) is 11.6. The van der Waals surface area contributed by atoms with Crippen molar-refractivity contribution in [1.29, 1.82) is 0 Å². The average molecular weight is 477 g/mol. The molecule has 176 valence electrons. The van der Waals surface area contributed by atoms with Gasteiger partial charge < -0.3 is 14.0 Å². The zero-order valence-electron chi connectivity index (χ0n) is 18.5. The second-order valence-corrected chi connectivity index (χ2v) is 9.37. The van der Waals surface area contributed by atoms with Crippen LogP contribution in [0.4, 0.5) is 0 Å². The number of carbonyl (C=O) groups excluding carboxylic acids is 1. The number of nitrogens with zero attached hydrogens (tertiary/aromatic N) is 4. The lowest BCUT2D eigenvalue weighted by atomic mass is 10.2. The smallest absolute Gasteiger partial charge is 0.330 e. The van der Waals surface area contributed by atoms with E-state index in [-0.39, 0.29) is 38.9 Å². The Kier molecular flexibility index (Phi) is 5.52. The molecule has 3 aromatic rings. The molecule has 0 unspecified atom stereocenters. The van der Waals surface area contributed by atoms with Gasteiger partial charge in [0.25, 0.3) is 21.5 Å². The molecule has 1 aliphatic heterocycles. The van der Waals surface area contributed by atoms with Gasteiger partial charge in [-0.25, -0.2) is 22.5 Å². The number of nitrogens with one attached hydrogen (secondary N) is 1. The maximum atomic E-state index is 13.2. The summed E-state index contributed by atoms with van der Waals surface area (Å²) in [7, 11) is 0.0625. The van der Waals surface area contributed by atoms with E-state index in [9.17, 15) is 22.8 Å². The maximum absolute atomic E-state index is 13.2. The number of benzene rings is 1. The van der Waals surface area contributed by atoms with Crippen molar-refractivity contribution in [2.75, 3.05) is 14.2 Å². The predicted octanol–water partition coefficient (Wildman–Crippen LogP) is 0.585. The highest BCUT2D eigenvalue weighted by atomic mass is 32.2. The molecule has 0 saturated carbocycles.